The molecule has 0 saturated heterocycles. The smallest absolute Gasteiger partial charge is 0.181 e. The van der Waals surface area contributed by atoms with Crippen molar-refractivity contribution in [1.29, 1.82) is 0 Å². The zero-order chi connectivity index (χ0) is 16.9. The van der Waals surface area contributed by atoms with E-state index in [1.165, 1.54) is 4.68 Å². The minimum absolute atomic E-state index is 0.101. The van der Waals surface area contributed by atoms with Crippen LogP contribution in [0, 0.1) is 0 Å². The molecule has 0 aliphatic carbocycles. The standard InChI is InChI=1S/C18H16FN3O2/c1-24-16-7-5-14(6-8-16)17-20-18(22(21-17)10-9-19)15-4-2-3-13(11-15)12-23/h2-8,11-12H,9-10H2,1H3. The van der Waals surface area contributed by atoms with Gasteiger partial charge in [0, 0.05) is 16.7 Å². The van der Waals surface area contributed by atoms with Crippen LogP contribution in [-0.2, 0) is 6.54 Å². The summed E-state index contributed by atoms with van der Waals surface area (Å²) in [7, 11) is 1.60. The molecule has 1 heterocycles. The Kier molecular flexibility index (Phi) is 4.65. The third-order valence-electron chi connectivity index (χ3n) is 3.60. The predicted molar refractivity (Wildman–Crippen MR) is 88.8 cm³/mol. The van der Waals surface area contributed by atoms with Crippen molar-refractivity contribution in [2.75, 3.05) is 13.8 Å². The fraction of sp³-hybridized carbons (Fsp3) is 0.167. The first-order valence-electron chi connectivity index (χ1n) is 7.46. The molecule has 2 aromatic carbocycles. The molecular formula is C18H16FN3O2. The number of rotatable bonds is 6. The van der Waals surface area contributed by atoms with Crippen molar-refractivity contribution in [3.63, 3.8) is 0 Å². The quantitative estimate of drug-likeness (QED) is 0.652. The van der Waals surface area contributed by atoms with Crippen molar-refractivity contribution in [2.45, 2.75) is 6.54 Å². The van der Waals surface area contributed by atoms with Gasteiger partial charge >= 0.3 is 0 Å². The minimum atomic E-state index is -0.550. The third-order valence-corrected chi connectivity index (χ3v) is 3.60. The highest BCUT2D eigenvalue weighted by Gasteiger charge is 2.14. The fourth-order valence-electron chi connectivity index (χ4n) is 2.41. The van der Waals surface area contributed by atoms with Crippen LogP contribution in [0.25, 0.3) is 22.8 Å². The number of hydrogen-bond donors (Lipinski definition) is 0. The van der Waals surface area contributed by atoms with E-state index in [4.69, 9.17) is 4.74 Å². The molecule has 5 nitrogen and oxygen atoms in total. The van der Waals surface area contributed by atoms with Crippen molar-refractivity contribution < 1.29 is 13.9 Å². The highest BCUT2D eigenvalue weighted by Crippen LogP contribution is 2.24. The number of aldehydes is 1. The number of methoxy groups -OCH3 is 1. The molecule has 6 heteroatoms. The summed E-state index contributed by atoms with van der Waals surface area (Å²) < 4.78 is 19.5. The molecule has 0 bridgehead atoms. The van der Waals surface area contributed by atoms with Gasteiger partial charge in [-0.3, -0.25) is 4.79 Å². The number of ether oxygens (including phenoxy) is 1. The normalized spacial score (nSPS) is 10.6. The Morgan fingerprint density at radius 3 is 2.62 bits per heavy atom. The van der Waals surface area contributed by atoms with Gasteiger partial charge in [0.1, 0.15) is 18.7 Å². The number of carbonyl (C=O) groups excluding carboxylic acids is 1. The van der Waals surface area contributed by atoms with Crippen LogP contribution in [0.3, 0.4) is 0 Å². The Labute approximate surface area is 138 Å². The van der Waals surface area contributed by atoms with Gasteiger partial charge in [0.05, 0.1) is 13.7 Å². The van der Waals surface area contributed by atoms with Gasteiger partial charge in [0.25, 0.3) is 0 Å². The first kappa shape index (κ1) is 15.9. The Hall–Kier alpha value is -3.02. The van der Waals surface area contributed by atoms with Crippen molar-refractivity contribution in [3.8, 4) is 28.5 Å². The van der Waals surface area contributed by atoms with Crippen molar-refractivity contribution in [1.82, 2.24) is 14.8 Å². The molecule has 0 saturated carbocycles. The maximum Gasteiger partial charge on any atom is 0.181 e. The van der Waals surface area contributed by atoms with Crippen LogP contribution in [0.1, 0.15) is 10.4 Å². The van der Waals surface area contributed by atoms with Crippen molar-refractivity contribution in [3.05, 3.63) is 54.1 Å². The molecule has 122 valence electrons. The highest BCUT2D eigenvalue weighted by atomic mass is 19.1. The topological polar surface area (TPSA) is 57.0 Å². The lowest BCUT2D eigenvalue weighted by Crippen LogP contribution is -2.04. The number of carbonyl (C=O) groups is 1. The highest BCUT2D eigenvalue weighted by molar-refractivity contribution is 5.78. The summed E-state index contributed by atoms with van der Waals surface area (Å²) in [6.45, 7) is -0.449. The van der Waals surface area contributed by atoms with Crippen LogP contribution in [0.4, 0.5) is 4.39 Å². The maximum atomic E-state index is 12.9. The van der Waals surface area contributed by atoms with Crippen LogP contribution >= 0.6 is 0 Å². The number of aromatic nitrogens is 3. The van der Waals surface area contributed by atoms with E-state index in [9.17, 15) is 9.18 Å². The monoisotopic (exact) mass is 325 g/mol. The van der Waals surface area contributed by atoms with Gasteiger partial charge in [0.15, 0.2) is 11.6 Å². The first-order valence-corrected chi connectivity index (χ1v) is 7.46. The molecule has 0 radical (unpaired) electrons. The summed E-state index contributed by atoms with van der Waals surface area (Å²) in [6.07, 6.45) is 0.768. The predicted octanol–water partition coefficient (Wildman–Crippen LogP) is 3.40. The molecule has 0 atom stereocenters. The number of halogens is 1. The molecule has 0 fully saturated rings. The van der Waals surface area contributed by atoms with E-state index >= 15 is 0 Å². The average molecular weight is 325 g/mol. The summed E-state index contributed by atoms with van der Waals surface area (Å²) >= 11 is 0. The van der Waals surface area contributed by atoms with Gasteiger partial charge in [-0.15, -0.1) is 0 Å². The molecule has 0 aliphatic heterocycles. The Morgan fingerprint density at radius 1 is 1.17 bits per heavy atom. The minimum Gasteiger partial charge on any atom is -0.497 e. The molecule has 0 amide bonds. The van der Waals surface area contributed by atoms with E-state index in [1.54, 1.807) is 25.3 Å². The van der Waals surface area contributed by atoms with Crippen LogP contribution < -0.4 is 4.74 Å². The van der Waals surface area contributed by atoms with E-state index in [2.05, 4.69) is 10.1 Å². The second-order valence-electron chi connectivity index (χ2n) is 5.14. The molecule has 0 aliphatic rings. The van der Waals surface area contributed by atoms with Gasteiger partial charge in [-0.2, -0.15) is 5.10 Å². The van der Waals surface area contributed by atoms with Gasteiger partial charge in [-0.25, -0.2) is 14.1 Å². The van der Waals surface area contributed by atoms with Crippen molar-refractivity contribution in [2.24, 2.45) is 0 Å². The lowest BCUT2D eigenvalue weighted by molar-refractivity contribution is 0.112. The van der Waals surface area contributed by atoms with E-state index in [0.29, 0.717) is 17.2 Å². The number of benzene rings is 2. The summed E-state index contributed by atoms with van der Waals surface area (Å²) in [6, 6.07) is 14.3. The van der Waals surface area contributed by atoms with Gasteiger partial charge < -0.3 is 4.74 Å². The summed E-state index contributed by atoms with van der Waals surface area (Å²) in [5.41, 5.74) is 2.06. The summed E-state index contributed by atoms with van der Waals surface area (Å²) in [5.74, 6) is 1.76. The lowest BCUT2D eigenvalue weighted by atomic mass is 10.1. The summed E-state index contributed by atoms with van der Waals surface area (Å²) in [5, 5.41) is 4.39. The van der Waals surface area contributed by atoms with Gasteiger partial charge in [-0.05, 0) is 30.3 Å². The van der Waals surface area contributed by atoms with Gasteiger partial charge in [-0.1, -0.05) is 18.2 Å². The van der Waals surface area contributed by atoms with Crippen LogP contribution in [0.2, 0.25) is 0 Å². The second kappa shape index (κ2) is 7.04. The zero-order valence-electron chi connectivity index (χ0n) is 13.1. The summed E-state index contributed by atoms with van der Waals surface area (Å²) in [4.78, 5) is 15.5. The number of alkyl halides is 1. The van der Waals surface area contributed by atoms with E-state index < -0.39 is 6.67 Å². The number of hydrogen-bond acceptors (Lipinski definition) is 4. The van der Waals surface area contributed by atoms with Crippen LogP contribution in [0.5, 0.6) is 5.75 Å². The number of nitrogens with zero attached hydrogens (tertiary/aromatic N) is 3. The number of aryl methyl sites for hydroxylation is 1. The van der Waals surface area contributed by atoms with Crippen LogP contribution in [0.15, 0.2) is 48.5 Å². The molecule has 3 rings (SSSR count). The SMILES string of the molecule is COc1ccc(-c2nc(-c3cccc(C=O)c3)n(CCF)n2)cc1. The van der Waals surface area contributed by atoms with Crippen LogP contribution in [-0.4, -0.2) is 34.8 Å². The van der Waals surface area contributed by atoms with E-state index in [0.717, 1.165) is 23.2 Å². The zero-order valence-corrected chi connectivity index (χ0v) is 13.1. The molecule has 0 N–H and O–H groups in total. The second-order valence-corrected chi connectivity index (χ2v) is 5.14. The molecule has 24 heavy (non-hydrogen) atoms. The molecule has 3 aromatic rings. The van der Waals surface area contributed by atoms with Gasteiger partial charge in [0.2, 0.25) is 0 Å². The third kappa shape index (κ3) is 3.17. The molecule has 1 aromatic heterocycles. The average Bonchev–Trinajstić information content (AvgIpc) is 3.06. The Balaban J connectivity index is 2.04. The molecule has 0 spiro atoms. The molecule has 0 unspecified atom stereocenters. The Morgan fingerprint density at radius 2 is 1.96 bits per heavy atom. The Bertz CT molecular complexity index is 844. The maximum absolute atomic E-state index is 12.9. The van der Waals surface area contributed by atoms with E-state index in [1.807, 2.05) is 30.3 Å². The van der Waals surface area contributed by atoms with Crippen molar-refractivity contribution >= 4 is 6.29 Å². The largest absolute Gasteiger partial charge is 0.497 e. The van der Waals surface area contributed by atoms with E-state index in [-0.39, 0.29) is 6.54 Å². The fourth-order valence-corrected chi connectivity index (χ4v) is 2.41. The lowest BCUT2D eigenvalue weighted by Gasteiger charge is -2.03. The first-order chi connectivity index (χ1) is 11.7. The molecular weight excluding hydrogens is 309 g/mol.